The fourth-order valence-corrected chi connectivity index (χ4v) is 2.25. The van der Waals surface area contributed by atoms with Gasteiger partial charge in [-0.05, 0) is 18.6 Å². The molecule has 3 N–H and O–H groups in total. The molecule has 0 radical (unpaired) electrons. The number of carbonyl (C=O) groups is 1. The fraction of sp³-hybridized carbons (Fsp3) is 0.286. The molecule has 2 heterocycles. The van der Waals surface area contributed by atoms with Crippen LogP contribution in [0.1, 0.15) is 6.42 Å². The number of aliphatic hydroxyl groups is 1. The fourth-order valence-electron chi connectivity index (χ4n) is 2.25. The van der Waals surface area contributed by atoms with Crippen molar-refractivity contribution >= 4 is 24.0 Å². The van der Waals surface area contributed by atoms with E-state index in [9.17, 15) is 9.90 Å². The third kappa shape index (κ3) is 3.60. The number of oxazole rings is 1. The van der Waals surface area contributed by atoms with Gasteiger partial charge in [0.25, 0.3) is 0 Å². The molecule has 1 aromatic carbocycles. The molecule has 2 unspecified atom stereocenters. The van der Waals surface area contributed by atoms with Gasteiger partial charge in [-0.2, -0.15) is 0 Å². The lowest BCUT2D eigenvalue weighted by Crippen LogP contribution is -2.35. The molecule has 7 heteroatoms. The van der Waals surface area contributed by atoms with Gasteiger partial charge in [0.15, 0.2) is 12.2 Å². The van der Waals surface area contributed by atoms with Gasteiger partial charge in [0.2, 0.25) is 5.91 Å². The highest BCUT2D eigenvalue weighted by atomic mass is 35.5. The van der Waals surface area contributed by atoms with Gasteiger partial charge in [-0.3, -0.25) is 4.79 Å². The Balaban J connectivity index is 0.00000161. The van der Waals surface area contributed by atoms with Crippen molar-refractivity contribution in [2.45, 2.75) is 18.6 Å². The molecule has 6 nitrogen and oxygen atoms in total. The second kappa shape index (κ2) is 6.71. The zero-order valence-corrected chi connectivity index (χ0v) is 12.0. The van der Waals surface area contributed by atoms with Gasteiger partial charge in [0.1, 0.15) is 0 Å². The number of hydrogen-bond donors (Lipinski definition) is 3. The second-order valence-electron chi connectivity index (χ2n) is 4.79. The van der Waals surface area contributed by atoms with Gasteiger partial charge in [-0.25, -0.2) is 4.98 Å². The lowest BCUT2D eigenvalue weighted by molar-refractivity contribution is -0.117. The van der Waals surface area contributed by atoms with Crippen LogP contribution in [0, 0.1) is 0 Å². The van der Waals surface area contributed by atoms with Crippen LogP contribution in [0.15, 0.2) is 41.3 Å². The monoisotopic (exact) mass is 309 g/mol. The minimum absolute atomic E-state index is 0. The molecule has 2 aromatic rings. The topological polar surface area (TPSA) is 87.4 Å². The van der Waals surface area contributed by atoms with Crippen molar-refractivity contribution in [1.82, 2.24) is 10.3 Å². The van der Waals surface area contributed by atoms with Gasteiger partial charge < -0.3 is 20.2 Å². The van der Waals surface area contributed by atoms with Crippen LogP contribution < -0.4 is 10.6 Å². The highest BCUT2D eigenvalue weighted by Crippen LogP contribution is 2.22. The molecule has 0 saturated carbocycles. The van der Waals surface area contributed by atoms with Gasteiger partial charge >= 0.3 is 0 Å². The largest absolute Gasteiger partial charge is 0.444 e. The Labute approximate surface area is 128 Å². The van der Waals surface area contributed by atoms with E-state index in [1.165, 1.54) is 6.39 Å². The number of β-amino-alcohol motifs (C(OH)–C–C–N with tert-alkyl or cyclic N) is 1. The summed E-state index contributed by atoms with van der Waals surface area (Å²) in [4.78, 5) is 15.9. The normalized spacial score (nSPS) is 20.8. The highest BCUT2D eigenvalue weighted by Gasteiger charge is 2.27. The van der Waals surface area contributed by atoms with E-state index in [4.69, 9.17) is 4.42 Å². The van der Waals surface area contributed by atoms with Crippen molar-refractivity contribution in [2.24, 2.45) is 0 Å². The van der Waals surface area contributed by atoms with Crippen molar-refractivity contribution < 1.29 is 14.3 Å². The Morgan fingerprint density at radius 2 is 2.33 bits per heavy atom. The van der Waals surface area contributed by atoms with E-state index >= 15 is 0 Å². The third-order valence-corrected chi connectivity index (χ3v) is 3.27. The van der Waals surface area contributed by atoms with Crippen LogP contribution in [0.3, 0.4) is 0 Å². The Morgan fingerprint density at radius 1 is 1.48 bits per heavy atom. The van der Waals surface area contributed by atoms with Crippen LogP contribution in [-0.4, -0.2) is 34.7 Å². The summed E-state index contributed by atoms with van der Waals surface area (Å²) < 4.78 is 5.22. The second-order valence-corrected chi connectivity index (χ2v) is 4.79. The molecular weight excluding hydrogens is 294 g/mol. The van der Waals surface area contributed by atoms with E-state index in [0.717, 1.165) is 5.56 Å². The van der Waals surface area contributed by atoms with Crippen LogP contribution >= 0.6 is 12.4 Å². The molecule has 112 valence electrons. The predicted octanol–water partition coefficient (Wildman–Crippen LogP) is 1.42. The molecule has 0 bridgehead atoms. The van der Waals surface area contributed by atoms with Crippen LogP contribution in [0.4, 0.5) is 5.69 Å². The SMILES string of the molecule is Cl.O=C(Nc1cccc(-c2cnco2)c1)C1CC(O)CN1. The average Bonchev–Trinajstić information content (AvgIpc) is 3.10. The summed E-state index contributed by atoms with van der Waals surface area (Å²) in [5.41, 5.74) is 1.53. The Bertz CT molecular complexity index is 603. The quantitative estimate of drug-likeness (QED) is 0.798. The Morgan fingerprint density at radius 3 is 3.00 bits per heavy atom. The predicted molar refractivity (Wildman–Crippen MR) is 80.2 cm³/mol. The van der Waals surface area contributed by atoms with Crippen LogP contribution in [0.25, 0.3) is 11.3 Å². The standard InChI is InChI=1S/C14H15N3O3.ClH/c18-11-5-12(16-6-11)14(19)17-10-3-1-2-9(4-10)13-7-15-8-20-13;/h1-4,7-8,11-12,16,18H,5-6H2,(H,17,19);1H. The maximum Gasteiger partial charge on any atom is 0.241 e. The maximum atomic E-state index is 12.0. The van der Waals surface area contributed by atoms with Crippen LogP contribution in [-0.2, 0) is 4.79 Å². The van der Waals surface area contributed by atoms with Crippen molar-refractivity contribution in [3.8, 4) is 11.3 Å². The number of aromatic nitrogens is 1. The molecule has 2 atom stereocenters. The zero-order valence-electron chi connectivity index (χ0n) is 11.2. The van der Waals surface area contributed by atoms with Gasteiger partial charge in [0, 0.05) is 17.8 Å². The molecule has 1 fully saturated rings. The molecule has 3 rings (SSSR count). The summed E-state index contributed by atoms with van der Waals surface area (Å²) in [6, 6.07) is 7.00. The van der Waals surface area contributed by atoms with Crippen LogP contribution in [0.2, 0.25) is 0 Å². The first-order valence-electron chi connectivity index (χ1n) is 6.43. The number of amides is 1. The summed E-state index contributed by atoms with van der Waals surface area (Å²) in [6.07, 6.45) is 2.97. The summed E-state index contributed by atoms with van der Waals surface area (Å²) in [5.74, 6) is 0.506. The number of nitrogens with zero attached hydrogens (tertiary/aromatic N) is 1. The van der Waals surface area contributed by atoms with E-state index in [2.05, 4.69) is 15.6 Å². The van der Waals surface area contributed by atoms with E-state index in [1.54, 1.807) is 6.20 Å². The first-order chi connectivity index (χ1) is 9.72. The average molecular weight is 310 g/mol. The smallest absolute Gasteiger partial charge is 0.241 e. The summed E-state index contributed by atoms with van der Waals surface area (Å²) in [7, 11) is 0. The van der Waals surface area contributed by atoms with E-state index in [-0.39, 0.29) is 24.4 Å². The Kier molecular flexibility index (Phi) is 4.95. The van der Waals surface area contributed by atoms with Crippen molar-refractivity contribution in [3.63, 3.8) is 0 Å². The Hall–Kier alpha value is -1.89. The van der Waals surface area contributed by atoms with Gasteiger partial charge in [0.05, 0.1) is 18.3 Å². The van der Waals surface area contributed by atoms with E-state index < -0.39 is 6.10 Å². The number of carbonyl (C=O) groups excluding carboxylic acids is 1. The number of nitrogens with one attached hydrogen (secondary N) is 2. The molecular formula is C14H16ClN3O3. The van der Waals surface area contributed by atoms with E-state index in [0.29, 0.717) is 24.4 Å². The van der Waals surface area contributed by atoms with Gasteiger partial charge in [-0.1, -0.05) is 12.1 Å². The molecule has 21 heavy (non-hydrogen) atoms. The first-order valence-corrected chi connectivity index (χ1v) is 6.43. The molecule has 1 amide bonds. The lowest BCUT2D eigenvalue weighted by atomic mass is 10.1. The van der Waals surface area contributed by atoms with Crippen molar-refractivity contribution in [1.29, 1.82) is 0 Å². The number of anilines is 1. The highest BCUT2D eigenvalue weighted by molar-refractivity contribution is 5.95. The summed E-state index contributed by atoms with van der Waals surface area (Å²) in [6.45, 7) is 0.455. The molecule has 1 aliphatic heterocycles. The van der Waals surface area contributed by atoms with Crippen molar-refractivity contribution in [3.05, 3.63) is 36.9 Å². The minimum atomic E-state index is -0.453. The first kappa shape index (κ1) is 15.5. The van der Waals surface area contributed by atoms with Gasteiger partial charge in [-0.15, -0.1) is 12.4 Å². The molecule has 1 aromatic heterocycles. The van der Waals surface area contributed by atoms with Crippen LogP contribution in [0.5, 0.6) is 0 Å². The number of aliphatic hydroxyl groups excluding tert-OH is 1. The maximum absolute atomic E-state index is 12.0. The third-order valence-electron chi connectivity index (χ3n) is 3.27. The van der Waals surface area contributed by atoms with E-state index in [1.807, 2.05) is 24.3 Å². The zero-order chi connectivity index (χ0) is 13.9. The number of benzene rings is 1. The molecule has 1 aliphatic rings. The summed E-state index contributed by atoms with van der Waals surface area (Å²) >= 11 is 0. The lowest BCUT2D eigenvalue weighted by Gasteiger charge is -2.11. The number of halogens is 1. The molecule has 0 aliphatic carbocycles. The number of rotatable bonds is 3. The molecule has 0 spiro atoms. The van der Waals surface area contributed by atoms with Crippen molar-refractivity contribution in [2.75, 3.05) is 11.9 Å². The summed E-state index contributed by atoms with van der Waals surface area (Å²) in [5, 5.41) is 15.2. The number of hydrogen-bond acceptors (Lipinski definition) is 5. The molecule has 1 saturated heterocycles. The minimum Gasteiger partial charge on any atom is -0.444 e.